The molecule has 9 heteroatoms. The van der Waals surface area contributed by atoms with Crippen LogP contribution >= 0.6 is 0 Å². The van der Waals surface area contributed by atoms with Crippen LogP contribution in [0.15, 0.2) is 48.5 Å². The lowest BCUT2D eigenvalue weighted by atomic mass is 10.1. The molecule has 1 saturated heterocycles. The summed E-state index contributed by atoms with van der Waals surface area (Å²) < 4.78 is 7.19. The van der Waals surface area contributed by atoms with Crippen LogP contribution in [-0.2, 0) is 14.3 Å². The maximum Gasteiger partial charge on any atom is 0.273 e. The third kappa shape index (κ3) is 5.99. The Balaban J connectivity index is 1.63. The highest BCUT2D eigenvalue weighted by molar-refractivity contribution is 6.19. The Bertz CT molecular complexity index is 1210. The van der Waals surface area contributed by atoms with E-state index in [2.05, 4.69) is 20.8 Å². The quantitative estimate of drug-likeness (QED) is 0.503. The van der Waals surface area contributed by atoms with Crippen LogP contribution in [0, 0.1) is 20.8 Å². The summed E-state index contributed by atoms with van der Waals surface area (Å²) in [5, 5.41) is 14.6. The smallest absolute Gasteiger partial charge is 0.273 e. The van der Waals surface area contributed by atoms with Gasteiger partial charge in [-0.3, -0.25) is 9.59 Å². The number of rotatable bonds is 8. The average molecular weight is 475 g/mol. The zero-order valence-corrected chi connectivity index (χ0v) is 20.3. The topological polar surface area (TPSA) is 102 Å². The molecule has 182 valence electrons. The van der Waals surface area contributed by atoms with Gasteiger partial charge in [0, 0.05) is 18.8 Å². The SMILES string of the molecule is Cc1cccc(NC(=O)CN(CC2CCCO2)C(=O)/C(=C/c2ccccc2)n2nnnc2C)c1C. The Morgan fingerprint density at radius 3 is 2.63 bits per heavy atom. The van der Waals surface area contributed by atoms with Gasteiger partial charge in [-0.2, -0.15) is 4.68 Å². The number of anilines is 1. The maximum absolute atomic E-state index is 13.9. The second kappa shape index (κ2) is 11.1. The number of aryl methyl sites for hydroxylation is 2. The highest BCUT2D eigenvalue weighted by Gasteiger charge is 2.28. The summed E-state index contributed by atoms with van der Waals surface area (Å²) in [5.41, 5.74) is 3.89. The van der Waals surface area contributed by atoms with Crippen LogP contribution in [0.5, 0.6) is 0 Å². The van der Waals surface area contributed by atoms with Gasteiger partial charge >= 0.3 is 0 Å². The normalized spacial score (nSPS) is 15.7. The van der Waals surface area contributed by atoms with Crippen LogP contribution < -0.4 is 5.32 Å². The van der Waals surface area contributed by atoms with E-state index in [-0.39, 0.29) is 30.2 Å². The van der Waals surface area contributed by atoms with Crippen molar-refractivity contribution in [2.75, 3.05) is 25.0 Å². The summed E-state index contributed by atoms with van der Waals surface area (Å²) in [5.74, 6) is -0.161. The van der Waals surface area contributed by atoms with Crippen molar-refractivity contribution in [1.82, 2.24) is 25.1 Å². The highest BCUT2D eigenvalue weighted by Crippen LogP contribution is 2.20. The molecular weight excluding hydrogens is 444 g/mol. The number of carbonyl (C=O) groups is 2. The molecule has 1 aliphatic heterocycles. The summed E-state index contributed by atoms with van der Waals surface area (Å²) in [6, 6.07) is 15.2. The zero-order valence-electron chi connectivity index (χ0n) is 20.3. The minimum atomic E-state index is -0.351. The fourth-order valence-corrected chi connectivity index (χ4v) is 4.04. The Morgan fingerprint density at radius 2 is 1.94 bits per heavy atom. The Hall–Kier alpha value is -3.85. The van der Waals surface area contributed by atoms with E-state index in [9.17, 15) is 9.59 Å². The number of carbonyl (C=O) groups excluding carboxylic acids is 2. The first-order chi connectivity index (χ1) is 16.9. The first-order valence-electron chi connectivity index (χ1n) is 11.7. The number of amides is 2. The molecule has 0 saturated carbocycles. The van der Waals surface area contributed by atoms with E-state index in [1.165, 1.54) is 9.58 Å². The fraction of sp³-hybridized carbons (Fsp3) is 0.346. The monoisotopic (exact) mass is 474 g/mol. The van der Waals surface area contributed by atoms with Gasteiger partial charge in [-0.05, 0) is 72.9 Å². The molecule has 2 heterocycles. The molecule has 9 nitrogen and oxygen atoms in total. The number of hydrogen-bond donors (Lipinski definition) is 1. The highest BCUT2D eigenvalue weighted by atomic mass is 16.5. The number of hydrogen-bond acceptors (Lipinski definition) is 6. The number of aromatic nitrogens is 4. The van der Waals surface area contributed by atoms with E-state index in [1.807, 2.05) is 62.4 Å². The molecular formula is C26H30N6O3. The second-order valence-electron chi connectivity index (χ2n) is 8.69. The minimum Gasteiger partial charge on any atom is -0.376 e. The van der Waals surface area contributed by atoms with E-state index in [0.29, 0.717) is 19.0 Å². The Labute approximate surface area is 204 Å². The van der Waals surface area contributed by atoms with Crippen molar-refractivity contribution in [3.63, 3.8) is 0 Å². The Kier molecular flexibility index (Phi) is 7.67. The van der Waals surface area contributed by atoms with E-state index >= 15 is 0 Å². The number of ether oxygens (including phenoxy) is 1. The number of nitrogens with one attached hydrogen (secondary N) is 1. The van der Waals surface area contributed by atoms with Gasteiger partial charge in [0.2, 0.25) is 5.91 Å². The van der Waals surface area contributed by atoms with E-state index < -0.39 is 0 Å². The molecule has 0 aliphatic carbocycles. The molecule has 1 N–H and O–H groups in total. The van der Waals surface area contributed by atoms with Gasteiger partial charge in [0.25, 0.3) is 5.91 Å². The van der Waals surface area contributed by atoms with Gasteiger partial charge in [-0.25, -0.2) is 0 Å². The zero-order chi connectivity index (χ0) is 24.8. The van der Waals surface area contributed by atoms with Crippen molar-refractivity contribution in [3.05, 3.63) is 71.0 Å². The molecule has 1 aliphatic rings. The van der Waals surface area contributed by atoms with Crippen molar-refractivity contribution in [1.29, 1.82) is 0 Å². The maximum atomic E-state index is 13.9. The van der Waals surface area contributed by atoms with Gasteiger partial charge < -0.3 is 15.0 Å². The van der Waals surface area contributed by atoms with Crippen molar-refractivity contribution < 1.29 is 14.3 Å². The van der Waals surface area contributed by atoms with Crippen LogP contribution in [0.4, 0.5) is 5.69 Å². The lowest BCUT2D eigenvalue weighted by Gasteiger charge is -2.26. The average Bonchev–Trinajstić information content (AvgIpc) is 3.52. The molecule has 35 heavy (non-hydrogen) atoms. The van der Waals surface area contributed by atoms with Gasteiger partial charge in [-0.15, -0.1) is 5.10 Å². The van der Waals surface area contributed by atoms with Crippen LogP contribution in [0.25, 0.3) is 11.8 Å². The predicted molar refractivity (Wildman–Crippen MR) is 133 cm³/mol. The summed E-state index contributed by atoms with van der Waals surface area (Å²) in [7, 11) is 0. The minimum absolute atomic E-state index is 0.125. The summed E-state index contributed by atoms with van der Waals surface area (Å²) in [6.07, 6.45) is 3.38. The fourth-order valence-electron chi connectivity index (χ4n) is 4.04. The van der Waals surface area contributed by atoms with Crippen LogP contribution in [0.3, 0.4) is 0 Å². The molecule has 1 atom stereocenters. The van der Waals surface area contributed by atoms with Crippen molar-refractivity contribution in [2.45, 2.75) is 39.7 Å². The van der Waals surface area contributed by atoms with Crippen molar-refractivity contribution in [2.24, 2.45) is 0 Å². The summed E-state index contributed by atoms with van der Waals surface area (Å²) in [6.45, 7) is 6.50. The lowest BCUT2D eigenvalue weighted by molar-refractivity contribution is -0.131. The molecule has 4 rings (SSSR count). The van der Waals surface area contributed by atoms with Crippen LogP contribution in [-0.4, -0.2) is 62.7 Å². The first-order valence-corrected chi connectivity index (χ1v) is 11.7. The molecule has 0 bridgehead atoms. The van der Waals surface area contributed by atoms with E-state index in [1.54, 1.807) is 13.0 Å². The van der Waals surface area contributed by atoms with E-state index in [0.717, 1.165) is 35.2 Å². The molecule has 2 aromatic carbocycles. The molecule has 3 aromatic rings. The lowest BCUT2D eigenvalue weighted by Crippen LogP contribution is -2.43. The van der Waals surface area contributed by atoms with Crippen molar-refractivity contribution >= 4 is 29.3 Å². The third-order valence-corrected chi connectivity index (χ3v) is 6.12. The van der Waals surface area contributed by atoms with Crippen molar-refractivity contribution in [3.8, 4) is 0 Å². The number of tetrazole rings is 1. The van der Waals surface area contributed by atoms with Gasteiger partial charge in [0.15, 0.2) is 5.82 Å². The first kappa shape index (κ1) is 24.3. The summed E-state index contributed by atoms with van der Waals surface area (Å²) >= 11 is 0. The molecule has 1 fully saturated rings. The number of nitrogens with zero attached hydrogens (tertiary/aromatic N) is 5. The Morgan fingerprint density at radius 1 is 1.14 bits per heavy atom. The van der Waals surface area contributed by atoms with Gasteiger partial charge in [0.05, 0.1) is 6.10 Å². The second-order valence-corrected chi connectivity index (χ2v) is 8.69. The summed E-state index contributed by atoms with van der Waals surface area (Å²) in [4.78, 5) is 28.5. The molecule has 2 amide bonds. The van der Waals surface area contributed by atoms with Crippen LogP contribution in [0.2, 0.25) is 0 Å². The largest absolute Gasteiger partial charge is 0.376 e. The van der Waals surface area contributed by atoms with Crippen LogP contribution in [0.1, 0.15) is 35.4 Å². The third-order valence-electron chi connectivity index (χ3n) is 6.12. The predicted octanol–water partition coefficient (Wildman–Crippen LogP) is 3.24. The van der Waals surface area contributed by atoms with E-state index in [4.69, 9.17) is 4.74 Å². The standard InChI is InChI=1S/C26H30N6O3/c1-18-9-7-13-23(19(18)2)27-25(33)17-31(16-22-12-8-14-35-22)26(34)24(32-20(3)28-29-30-32)15-21-10-5-4-6-11-21/h4-7,9-11,13,15,22H,8,12,14,16-17H2,1-3H3,(H,27,33)/b24-15-. The molecule has 1 unspecified atom stereocenters. The van der Waals surface area contributed by atoms with Gasteiger partial charge in [0.1, 0.15) is 12.2 Å². The molecule has 1 aromatic heterocycles. The number of benzene rings is 2. The molecule has 0 radical (unpaired) electrons. The van der Waals surface area contributed by atoms with Gasteiger partial charge in [-0.1, -0.05) is 42.5 Å². The molecule has 0 spiro atoms.